The van der Waals surface area contributed by atoms with Gasteiger partial charge in [-0.25, -0.2) is 0 Å². The Hall–Kier alpha value is -1.64. The van der Waals surface area contributed by atoms with E-state index in [-0.39, 0.29) is 0 Å². The van der Waals surface area contributed by atoms with Crippen molar-refractivity contribution in [2.24, 2.45) is 5.92 Å². The molecular formula is C16H21BN2. The molecular weight excluding hydrogens is 231 g/mol. The van der Waals surface area contributed by atoms with Crippen molar-refractivity contribution in [2.75, 3.05) is 10.5 Å². The van der Waals surface area contributed by atoms with Crippen LogP contribution in [0.2, 0.25) is 6.32 Å². The lowest BCUT2D eigenvalue weighted by Gasteiger charge is -2.28. The minimum absolute atomic E-state index is 0.352. The molecule has 0 aromatic heterocycles. The first kappa shape index (κ1) is 12.4. The normalized spacial score (nSPS) is 13.5. The van der Waals surface area contributed by atoms with Crippen LogP contribution in [0.3, 0.4) is 0 Å². The second kappa shape index (κ2) is 5.16. The molecule has 1 aliphatic rings. The van der Waals surface area contributed by atoms with Crippen molar-refractivity contribution in [3.8, 4) is 0 Å². The fourth-order valence-corrected chi connectivity index (χ4v) is 3.07. The summed E-state index contributed by atoms with van der Waals surface area (Å²) in [4.78, 5) is 0. The molecule has 0 bridgehead atoms. The summed E-state index contributed by atoms with van der Waals surface area (Å²) in [6.45, 7) is 4.92. The maximum atomic E-state index is 3.65. The molecule has 0 fully saturated rings. The highest BCUT2D eigenvalue weighted by Crippen LogP contribution is 2.35. The quantitative estimate of drug-likeness (QED) is 0.777. The maximum absolute atomic E-state index is 3.65. The monoisotopic (exact) mass is 252 g/mol. The Morgan fingerprint density at radius 1 is 0.947 bits per heavy atom. The molecule has 3 rings (SSSR count). The summed E-state index contributed by atoms with van der Waals surface area (Å²) >= 11 is 0. The molecule has 0 aliphatic carbocycles. The Labute approximate surface area is 115 Å². The predicted molar refractivity (Wildman–Crippen MR) is 85.8 cm³/mol. The largest absolute Gasteiger partial charge is 0.409 e. The second-order valence-electron chi connectivity index (χ2n) is 5.47. The van der Waals surface area contributed by atoms with Crippen LogP contribution in [0, 0.1) is 5.92 Å². The molecule has 19 heavy (non-hydrogen) atoms. The van der Waals surface area contributed by atoms with Gasteiger partial charge in [0.05, 0.1) is 0 Å². The second-order valence-corrected chi connectivity index (χ2v) is 5.47. The molecule has 2 N–H and O–H groups in total. The number of nitrogens with one attached hydrogen (secondary N) is 2. The van der Waals surface area contributed by atoms with Crippen LogP contribution in [0.5, 0.6) is 0 Å². The Kier molecular flexibility index (Phi) is 3.37. The van der Waals surface area contributed by atoms with Crippen molar-refractivity contribution < 1.29 is 0 Å². The van der Waals surface area contributed by atoms with Crippen LogP contribution in [0.1, 0.15) is 26.7 Å². The molecule has 1 heterocycles. The summed E-state index contributed by atoms with van der Waals surface area (Å²) in [6, 6.07) is 13.0. The Morgan fingerprint density at radius 3 is 2.05 bits per heavy atom. The molecule has 2 aromatic rings. The summed E-state index contributed by atoms with van der Waals surface area (Å²) in [5.41, 5.74) is 2.53. The van der Waals surface area contributed by atoms with Gasteiger partial charge in [0.15, 0.2) is 0 Å². The van der Waals surface area contributed by atoms with Crippen LogP contribution < -0.4 is 10.5 Å². The Morgan fingerprint density at radius 2 is 1.53 bits per heavy atom. The third-order valence-electron chi connectivity index (χ3n) is 4.29. The van der Waals surface area contributed by atoms with Gasteiger partial charge in [0.2, 0.25) is 0 Å². The van der Waals surface area contributed by atoms with E-state index in [0.29, 0.717) is 6.98 Å². The summed E-state index contributed by atoms with van der Waals surface area (Å²) in [5, 5.41) is 9.93. The Bertz CT molecular complexity index is 537. The molecule has 0 amide bonds. The van der Waals surface area contributed by atoms with Gasteiger partial charge in [-0.2, -0.15) is 0 Å². The van der Waals surface area contributed by atoms with Crippen molar-refractivity contribution in [2.45, 2.75) is 33.0 Å². The smallest absolute Gasteiger partial charge is 0.370 e. The molecule has 1 aliphatic heterocycles. The average Bonchev–Trinajstić information content (AvgIpc) is 2.45. The van der Waals surface area contributed by atoms with Crippen LogP contribution in [0.4, 0.5) is 11.4 Å². The zero-order chi connectivity index (χ0) is 13.2. The maximum Gasteiger partial charge on any atom is 0.370 e. The van der Waals surface area contributed by atoms with Gasteiger partial charge in [0.25, 0.3) is 0 Å². The zero-order valence-corrected chi connectivity index (χ0v) is 11.7. The van der Waals surface area contributed by atoms with Crippen LogP contribution in [-0.4, -0.2) is 6.98 Å². The van der Waals surface area contributed by atoms with E-state index < -0.39 is 0 Å². The summed E-state index contributed by atoms with van der Waals surface area (Å²) in [7, 11) is 0. The van der Waals surface area contributed by atoms with Gasteiger partial charge in [-0.05, 0) is 29.8 Å². The first-order chi connectivity index (χ1) is 9.31. The van der Waals surface area contributed by atoms with E-state index in [4.69, 9.17) is 0 Å². The van der Waals surface area contributed by atoms with E-state index >= 15 is 0 Å². The van der Waals surface area contributed by atoms with E-state index in [1.54, 1.807) is 0 Å². The molecule has 2 nitrogen and oxygen atoms in total. The van der Waals surface area contributed by atoms with Crippen LogP contribution in [0.25, 0.3) is 10.8 Å². The lowest BCUT2D eigenvalue weighted by atomic mass is 9.64. The van der Waals surface area contributed by atoms with Crippen LogP contribution >= 0.6 is 0 Å². The van der Waals surface area contributed by atoms with E-state index in [1.165, 1.54) is 41.3 Å². The molecule has 0 saturated heterocycles. The van der Waals surface area contributed by atoms with Gasteiger partial charge in [-0.1, -0.05) is 51.0 Å². The third kappa shape index (κ3) is 2.29. The van der Waals surface area contributed by atoms with E-state index in [0.717, 1.165) is 5.92 Å². The van der Waals surface area contributed by atoms with E-state index in [2.05, 4.69) is 60.7 Å². The molecule has 98 valence electrons. The van der Waals surface area contributed by atoms with Crippen molar-refractivity contribution in [3.63, 3.8) is 0 Å². The summed E-state index contributed by atoms with van der Waals surface area (Å²) in [5.74, 6) is 0.787. The highest BCUT2D eigenvalue weighted by molar-refractivity contribution is 6.67. The molecule has 2 aromatic carbocycles. The highest BCUT2D eigenvalue weighted by atomic mass is 15.0. The summed E-state index contributed by atoms with van der Waals surface area (Å²) < 4.78 is 0. The lowest BCUT2D eigenvalue weighted by molar-refractivity contribution is 0.539. The van der Waals surface area contributed by atoms with Crippen molar-refractivity contribution >= 4 is 29.1 Å². The minimum atomic E-state index is 0.352. The zero-order valence-electron chi connectivity index (χ0n) is 11.7. The molecule has 0 atom stereocenters. The van der Waals surface area contributed by atoms with Gasteiger partial charge in [0, 0.05) is 16.8 Å². The first-order valence-corrected chi connectivity index (χ1v) is 7.36. The van der Waals surface area contributed by atoms with Crippen LogP contribution in [-0.2, 0) is 0 Å². The lowest BCUT2D eigenvalue weighted by Crippen LogP contribution is -2.38. The van der Waals surface area contributed by atoms with Gasteiger partial charge in [0.1, 0.15) is 0 Å². The SMILES string of the molecule is CCC(CC)CB1Nc2cccc3cccc(c23)N1. The number of anilines is 2. The van der Waals surface area contributed by atoms with Crippen molar-refractivity contribution in [1.29, 1.82) is 0 Å². The standard InChI is InChI=1S/C16H21BN2/c1-3-12(4-2)11-17-18-14-9-5-7-13-8-6-10-15(19-17)16(13)14/h5-10,12,18-19H,3-4,11H2,1-2H3. The van der Waals surface area contributed by atoms with Crippen molar-refractivity contribution in [1.82, 2.24) is 0 Å². The number of hydrogen-bond acceptors (Lipinski definition) is 2. The minimum Gasteiger partial charge on any atom is -0.409 e. The van der Waals surface area contributed by atoms with Crippen molar-refractivity contribution in [3.05, 3.63) is 36.4 Å². The fraction of sp³-hybridized carbons (Fsp3) is 0.375. The number of hydrogen-bond donors (Lipinski definition) is 2. The van der Waals surface area contributed by atoms with E-state index in [9.17, 15) is 0 Å². The number of benzene rings is 2. The third-order valence-corrected chi connectivity index (χ3v) is 4.29. The van der Waals surface area contributed by atoms with Crippen LogP contribution in [0.15, 0.2) is 36.4 Å². The average molecular weight is 252 g/mol. The van der Waals surface area contributed by atoms with Gasteiger partial charge >= 0.3 is 6.98 Å². The highest BCUT2D eigenvalue weighted by Gasteiger charge is 2.25. The topological polar surface area (TPSA) is 24.1 Å². The molecule has 0 saturated carbocycles. The molecule has 0 unspecified atom stereocenters. The summed E-state index contributed by atoms with van der Waals surface area (Å²) in [6.07, 6.45) is 3.68. The van der Waals surface area contributed by atoms with Gasteiger partial charge in [-0.3, -0.25) is 0 Å². The van der Waals surface area contributed by atoms with E-state index in [1.807, 2.05) is 0 Å². The first-order valence-electron chi connectivity index (χ1n) is 7.36. The Balaban J connectivity index is 1.90. The molecule has 0 radical (unpaired) electrons. The van der Waals surface area contributed by atoms with Gasteiger partial charge < -0.3 is 10.5 Å². The van der Waals surface area contributed by atoms with Gasteiger partial charge in [-0.15, -0.1) is 0 Å². The molecule has 0 spiro atoms. The fourth-order valence-electron chi connectivity index (χ4n) is 3.07. The molecule has 3 heteroatoms. The number of rotatable bonds is 4. The predicted octanol–water partition coefficient (Wildman–Crippen LogP) is 4.60.